The van der Waals surface area contributed by atoms with E-state index in [-0.39, 0.29) is 6.61 Å². The number of ether oxygens (including phenoxy) is 2. The van der Waals surface area contributed by atoms with Gasteiger partial charge in [0, 0.05) is 18.0 Å². The SMILES string of the molecule is CCOc1ccc(-c2cn3ccc(CO)cc3n2)cc1OCC. The molecule has 0 atom stereocenters. The smallest absolute Gasteiger partial charge is 0.161 e. The highest BCUT2D eigenvalue weighted by Crippen LogP contribution is 2.32. The van der Waals surface area contributed by atoms with E-state index in [0.29, 0.717) is 13.2 Å². The van der Waals surface area contributed by atoms with Crippen LogP contribution in [-0.4, -0.2) is 27.7 Å². The van der Waals surface area contributed by atoms with Crippen LogP contribution in [0.5, 0.6) is 11.5 Å². The summed E-state index contributed by atoms with van der Waals surface area (Å²) >= 11 is 0. The molecule has 5 nitrogen and oxygen atoms in total. The van der Waals surface area contributed by atoms with Crippen molar-refractivity contribution in [3.63, 3.8) is 0 Å². The van der Waals surface area contributed by atoms with E-state index < -0.39 is 0 Å². The summed E-state index contributed by atoms with van der Waals surface area (Å²) in [5.74, 6) is 1.46. The van der Waals surface area contributed by atoms with Gasteiger partial charge in [-0.2, -0.15) is 0 Å². The fourth-order valence-electron chi connectivity index (χ4n) is 2.47. The number of hydrogen-bond donors (Lipinski definition) is 1. The van der Waals surface area contributed by atoms with Gasteiger partial charge in [-0.1, -0.05) is 0 Å². The summed E-state index contributed by atoms with van der Waals surface area (Å²) in [6.07, 6.45) is 3.86. The fraction of sp³-hybridized carbons (Fsp3) is 0.278. The molecule has 0 saturated heterocycles. The molecule has 2 aromatic heterocycles. The van der Waals surface area contributed by atoms with Crippen molar-refractivity contribution >= 4 is 5.65 Å². The Hall–Kier alpha value is -2.53. The van der Waals surface area contributed by atoms with E-state index in [1.807, 2.05) is 61.0 Å². The number of aliphatic hydroxyl groups is 1. The highest BCUT2D eigenvalue weighted by Gasteiger charge is 2.10. The van der Waals surface area contributed by atoms with Crippen LogP contribution < -0.4 is 9.47 Å². The lowest BCUT2D eigenvalue weighted by atomic mass is 10.1. The molecule has 0 saturated carbocycles. The van der Waals surface area contributed by atoms with Crippen molar-refractivity contribution in [3.8, 4) is 22.8 Å². The predicted molar refractivity (Wildman–Crippen MR) is 88.9 cm³/mol. The van der Waals surface area contributed by atoms with E-state index in [4.69, 9.17) is 9.47 Å². The molecule has 1 aromatic carbocycles. The Balaban J connectivity index is 2.01. The third-order valence-corrected chi connectivity index (χ3v) is 3.55. The second-order valence-electron chi connectivity index (χ2n) is 5.11. The van der Waals surface area contributed by atoms with Gasteiger partial charge < -0.3 is 19.0 Å². The topological polar surface area (TPSA) is 56.0 Å². The minimum Gasteiger partial charge on any atom is -0.490 e. The minimum atomic E-state index is 0.0102. The van der Waals surface area contributed by atoms with Gasteiger partial charge in [0.25, 0.3) is 0 Å². The summed E-state index contributed by atoms with van der Waals surface area (Å²) in [6.45, 7) is 5.08. The summed E-state index contributed by atoms with van der Waals surface area (Å²) in [6, 6.07) is 9.59. The predicted octanol–water partition coefficient (Wildman–Crippen LogP) is 3.29. The second kappa shape index (κ2) is 6.71. The molecule has 0 bridgehead atoms. The van der Waals surface area contributed by atoms with Crippen LogP contribution in [0.3, 0.4) is 0 Å². The average Bonchev–Trinajstić information content (AvgIpc) is 2.99. The first-order valence-corrected chi connectivity index (χ1v) is 7.73. The lowest BCUT2D eigenvalue weighted by Gasteiger charge is -2.11. The largest absolute Gasteiger partial charge is 0.490 e. The molecule has 3 rings (SSSR count). The molecule has 0 aliphatic heterocycles. The fourth-order valence-corrected chi connectivity index (χ4v) is 2.47. The minimum absolute atomic E-state index is 0.0102. The van der Waals surface area contributed by atoms with Gasteiger partial charge in [-0.3, -0.25) is 0 Å². The first kappa shape index (κ1) is 15.4. The van der Waals surface area contributed by atoms with Gasteiger partial charge >= 0.3 is 0 Å². The lowest BCUT2D eigenvalue weighted by Crippen LogP contribution is -1.98. The Bertz CT molecular complexity index is 811. The van der Waals surface area contributed by atoms with Crippen LogP contribution in [0.25, 0.3) is 16.9 Å². The second-order valence-corrected chi connectivity index (χ2v) is 5.11. The maximum absolute atomic E-state index is 9.23. The number of rotatable bonds is 6. The summed E-state index contributed by atoms with van der Waals surface area (Å²) in [4.78, 5) is 4.62. The Kier molecular flexibility index (Phi) is 4.48. The number of aliphatic hydroxyl groups excluding tert-OH is 1. The van der Waals surface area contributed by atoms with Crippen LogP contribution in [0.2, 0.25) is 0 Å². The van der Waals surface area contributed by atoms with Gasteiger partial charge in [0.15, 0.2) is 11.5 Å². The van der Waals surface area contributed by atoms with Crippen LogP contribution >= 0.6 is 0 Å². The van der Waals surface area contributed by atoms with Crippen molar-refractivity contribution in [1.29, 1.82) is 0 Å². The normalized spacial score (nSPS) is 10.9. The summed E-state index contributed by atoms with van der Waals surface area (Å²) in [7, 11) is 0. The standard InChI is InChI=1S/C18H20N2O3/c1-3-22-16-6-5-14(10-17(16)23-4-2)15-11-20-8-7-13(12-21)9-18(20)19-15/h5-11,21H,3-4,12H2,1-2H3. The number of pyridine rings is 1. The lowest BCUT2D eigenvalue weighted by molar-refractivity contribution is 0.282. The van der Waals surface area contributed by atoms with E-state index in [1.54, 1.807) is 0 Å². The van der Waals surface area contributed by atoms with Crippen LogP contribution in [-0.2, 0) is 6.61 Å². The molecule has 5 heteroatoms. The van der Waals surface area contributed by atoms with Crippen molar-refractivity contribution < 1.29 is 14.6 Å². The van der Waals surface area contributed by atoms with Gasteiger partial charge in [-0.25, -0.2) is 4.98 Å². The molecular weight excluding hydrogens is 292 g/mol. The quantitative estimate of drug-likeness (QED) is 0.759. The summed E-state index contributed by atoms with van der Waals surface area (Å²) < 4.78 is 13.2. The van der Waals surface area contributed by atoms with Gasteiger partial charge in [-0.15, -0.1) is 0 Å². The van der Waals surface area contributed by atoms with E-state index in [0.717, 1.165) is 34.0 Å². The van der Waals surface area contributed by atoms with E-state index in [1.165, 1.54) is 0 Å². The van der Waals surface area contributed by atoms with Crippen molar-refractivity contribution in [2.24, 2.45) is 0 Å². The third-order valence-electron chi connectivity index (χ3n) is 3.55. The molecule has 120 valence electrons. The molecule has 0 amide bonds. The summed E-state index contributed by atoms with van der Waals surface area (Å²) in [5.41, 5.74) is 3.46. The van der Waals surface area contributed by atoms with E-state index in [9.17, 15) is 5.11 Å². The number of imidazole rings is 1. The number of nitrogens with zero attached hydrogens (tertiary/aromatic N) is 2. The molecule has 0 aliphatic carbocycles. The van der Waals surface area contributed by atoms with Gasteiger partial charge in [-0.05, 0) is 49.7 Å². The molecule has 2 heterocycles. The van der Waals surface area contributed by atoms with Gasteiger partial charge in [0.2, 0.25) is 0 Å². The molecule has 0 aliphatic rings. The van der Waals surface area contributed by atoms with Gasteiger partial charge in [0.05, 0.1) is 25.5 Å². The molecule has 0 spiro atoms. The van der Waals surface area contributed by atoms with Crippen molar-refractivity contribution in [2.45, 2.75) is 20.5 Å². The molecule has 0 radical (unpaired) electrons. The third kappa shape index (κ3) is 3.14. The highest BCUT2D eigenvalue weighted by atomic mass is 16.5. The first-order chi connectivity index (χ1) is 11.2. The number of aromatic nitrogens is 2. The van der Waals surface area contributed by atoms with E-state index in [2.05, 4.69) is 4.98 Å². The van der Waals surface area contributed by atoms with Crippen LogP contribution in [0.15, 0.2) is 42.7 Å². The van der Waals surface area contributed by atoms with Crippen LogP contribution in [0.4, 0.5) is 0 Å². The van der Waals surface area contributed by atoms with Gasteiger partial charge in [0.1, 0.15) is 5.65 Å². The Morgan fingerprint density at radius 1 is 1.04 bits per heavy atom. The van der Waals surface area contributed by atoms with E-state index >= 15 is 0 Å². The van der Waals surface area contributed by atoms with Crippen LogP contribution in [0, 0.1) is 0 Å². The summed E-state index contributed by atoms with van der Waals surface area (Å²) in [5, 5.41) is 9.23. The Labute approximate surface area is 135 Å². The average molecular weight is 312 g/mol. The maximum atomic E-state index is 9.23. The van der Waals surface area contributed by atoms with Crippen molar-refractivity contribution in [1.82, 2.24) is 9.38 Å². The molecule has 3 aromatic rings. The monoisotopic (exact) mass is 312 g/mol. The van der Waals surface area contributed by atoms with Crippen molar-refractivity contribution in [3.05, 3.63) is 48.3 Å². The maximum Gasteiger partial charge on any atom is 0.161 e. The zero-order valence-electron chi connectivity index (χ0n) is 13.3. The first-order valence-electron chi connectivity index (χ1n) is 7.73. The molecule has 1 N–H and O–H groups in total. The Morgan fingerprint density at radius 3 is 2.57 bits per heavy atom. The Morgan fingerprint density at radius 2 is 1.83 bits per heavy atom. The number of benzene rings is 1. The number of hydrogen-bond acceptors (Lipinski definition) is 4. The molecule has 0 unspecified atom stereocenters. The molecule has 23 heavy (non-hydrogen) atoms. The highest BCUT2D eigenvalue weighted by molar-refractivity contribution is 5.66. The zero-order valence-corrected chi connectivity index (χ0v) is 13.3. The number of fused-ring (bicyclic) bond motifs is 1. The van der Waals surface area contributed by atoms with Crippen LogP contribution in [0.1, 0.15) is 19.4 Å². The zero-order chi connectivity index (χ0) is 16.2. The molecule has 0 fully saturated rings. The molecular formula is C18H20N2O3. The van der Waals surface area contributed by atoms with Crippen molar-refractivity contribution in [2.75, 3.05) is 13.2 Å².